The Bertz CT molecular complexity index is 366. The van der Waals surface area contributed by atoms with Gasteiger partial charge in [-0.3, -0.25) is 0 Å². The van der Waals surface area contributed by atoms with Gasteiger partial charge in [0, 0.05) is 13.1 Å². The highest BCUT2D eigenvalue weighted by molar-refractivity contribution is 5.55. The fourth-order valence-corrected chi connectivity index (χ4v) is 2.11. The molecule has 1 aliphatic rings. The van der Waals surface area contributed by atoms with E-state index in [4.69, 9.17) is 0 Å². The van der Waals surface area contributed by atoms with Crippen LogP contribution in [0.2, 0.25) is 0 Å². The van der Waals surface area contributed by atoms with E-state index in [0.29, 0.717) is 0 Å². The van der Waals surface area contributed by atoms with Crippen LogP contribution in [-0.2, 0) is 13.0 Å². The van der Waals surface area contributed by atoms with Crippen LogP contribution in [0.15, 0.2) is 18.7 Å². The summed E-state index contributed by atoms with van der Waals surface area (Å²) in [6, 6.07) is 4.60. The lowest BCUT2D eigenvalue weighted by Crippen LogP contribution is -2.26. The number of hydrogen-bond acceptors (Lipinski definition) is 1. The lowest BCUT2D eigenvalue weighted by molar-refractivity contribution is 0.313. The molecule has 0 spiro atoms. The van der Waals surface area contributed by atoms with Crippen molar-refractivity contribution in [3.63, 3.8) is 0 Å². The van der Waals surface area contributed by atoms with Gasteiger partial charge in [0.15, 0.2) is 0 Å². The molecule has 1 heterocycles. The number of hydrogen-bond donors (Lipinski definition) is 0. The number of benzene rings is 1. The summed E-state index contributed by atoms with van der Waals surface area (Å²) < 4.78 is 0. The Morgan fingerprint density at radius 2 is 2.14 bits per heavy atom. The summed E-state index contributed by atoms with van der Waals surface area (Å²) >= 11 is 0. The molecule has 0 atom stereocenters. The summed E-state index contributed by atoms with van der Waals surface area (Å²) in [6.07, 6.45) is 3.13. The van der Waals surface area contributed by atoms with Crippen LogP contribution in [-0.4, -0.2) is 18.5 Å². The van der Waals surface area contributed by atoms with E-state index in [1.54, 1.807) is 0 Å². The molecule has 1 heteroatoms. The van der Waals surface area contributed by atoms with Crippen LogP contribution in [0, 0.1) is 6.92 Å². The van der Waals surface area contributed by atoms with Crippen molar-refractivity contribution < 1.29 is 0 Å². The molecule has 0 bridgehead atoms. The van der Waals surface area contributed by atoms with Gasteiger partial charge >= 0.3 is 0 Å². The molecule has 0 unspecified atom stereocenters. The minimum absolute atomic E-state index is 1.09. The Morgan fingerprint density at radius 1 is 1.36 bits per heavy atom. The van der Waals surface area contributed by atoms with E-state index in [1.165, 1.54) is 35.2 Å². The third-order valence-electron chi connectivity index (χ3n) is 3.01. The van der Waals surface area contributed by atoms with Gasteiger partial charge in [0.25, 0.3) is 0 Å². The number of aryl methyl sites for hydroxylation is 1. The maximum absolute atomic E-state index is 3.85. The fourth-order valence-electron chi connectivity index (χ4n) is 2.11. The monoisotopic (exact) mass is 187 g/mol. The third-order valence-corrected chi connectivity index (χ3v) is 3.01. The molecule has 1 aromatic rings. The maximum Gasteiger partial charge on any atom is 0.0233 e. The molecule has 0 N–H and O–H groups in total. The molecule has 0 aromatic heterocycles. The highest BCUT2D eigenvalue weighted by Crippen LogP contribution is 2.22. The van der Waals surface area contributed by atoms with Gasteiger partial charge in [-0.05, 0) is 42.6 Å². The first-order valence-corrected chi connectivity index (χ1v) is 5.14. The average Bonchev–Trinajstić information content (AvgIpc) is 2.16. The second-order valence-electron chi connectivity index (χ2n) is 4.17. The largest absolute Gasteiger partial charge is 0.302 e. The van der Waals surface area contributed by atoms with Gasteiger partial charge in [-0.2, -0.15) is 0 Å². The zero-order valence-electron chi connectivity index (χ0n) is 9.01. The van der Waals surface area contributed by atoms with Crippen molar-refractivity contribution in [2.24, 2.45) is 0 Å². The van der Waals surface area contributed by atoms with E-state index in [1.807, 2.05) is 6.08 Å². The maximum atomic E-state index is 3.85. The zero-order chi connectivity index (χ0) is 10.1. The third kappa shape index (κ3) is 1.60. The van der Waals surface area contributed by atoms with Gasteiger partial charge in [0.2, 0.25) is 0 Å². The lowest BCUT2D eigenvalue weighted by atomic mass is 9.94. The van der Waals surface area contributed by atoms with E-state index < -0.39 is 0 Å². The standard InChI is InChI=1S/C13H17N/c1-4-11-8-12-5-6-14(3)9-13(12)7-10(11)2/h4,7-8H,1,5-6,9H2,2-3H3. The molecule has 0 amide bonds. The van der Waals surface area contributed by atoms with Gasteiger partial charge in [-0.1, -0.05) is 24.8 Å². The first kappa shape index (κ1) is 9.47. The van der Waals surface area contributed by atoms with Crippen molar-refractivity contribution in [3.05, 3.63) is 41.0 Å². The number of rotatable bonds is 1. The Balaban J connectivity index is 2.45. The highest BCUT2D eigenvalue weighted by atomic mass is 15.1. The average molecular weight is 187 g/mol. The molecule has 14 heavy (non-hydrogen) atoms. The molecule has 2 rings (SSSR count). The molecule has 0 radical (unpaired) electrons. The molecule has 0 aliphatic carbocycles. The van der Waals surface area contributed by atoms with Crippen molar-refractivity contribution >= 4 is 6.08 Å². The zero-order valence-corrected chi connectivity index (χ0v) is 9.01. The molecular formula is C13H17N. The molecule has 0 saturated heterocycles. The van der Waals surface area contributed by atoms with Crippen molar-refractivity contribution in [2.75, 3.05) is 13.6 Å². The van der Waals surface area contributed by atoms with Crippen molar-refractivity contribution in [3.8, 4) is 0 Å². The molecule has 1 aliphatic heterocycles. The first-order chi connectivity index (χ1) is 6.70. The van der Waals surface area contributed by atoms with Crippen LogP contribution < -0.4 is 0 Å². The van der Waals surface area contributed by atoms with E-state index in [9.17, 15) is 0 Å². The lowest BCUT2D eigenvalue weighted by Gasteiger charge is -2.25. The predicted molar refractivity (Wildman–Crippen MR) is 61.3 cm³/mol. The molecular weight excluding hydrogens is 170 g/mol. The van der Waals surface area contributed by atoms with E-state index in [2.05, 4.69) is 37.6 Å². The van der Waals surface area contributed by atoms with Crippen LogP contribution in [0.3, 0.4) is 0 Å². The molecule has 0 fully saturated rings. The summed E-state index contributed by atoms with van der Waals surface area (Å²) in [7, 11) is 2.18. The molecule has 0 saturated carbocycles. The number of fused-ring (bicyclic) bond motifs is 1. The van der Waals surface area contributed by atoms with Crippen molar-refractivity contribution in [1.29, 1.82) is 0 Å². The van der Waals surface area contributed by atoms with Crippen LogP contribution in [0.4, 0.5) is 0 Å². The Kier molecular flexibility index (Phi) is 2.42. The Morgan fingerprint density at radius 3 is 2.86 bits per heavy atom. The molecule has 1 nitrogen and oxygen atoms in total. The smallest absolute Gasteiger partial charge is 0.0233 e. The van der Waals surface area contributed by atoms with Crippen LogP contribution in [0.5, 0.6) is 0 Å². The normalized spacial score (nSPS) is 16.4. The van der Waals surface area contributed by atoms with Gasteiger partial charge < -0.3 is 4.90 Å². The van der Waals surface area contributed by atoms with Gasteiger partial charge in [-0.15, -0.1) is 0 Å². The summed E-state index contributed by atoms with van der Waals surface area (Å²) in [6.45, 7) is 8.27. The van der Waals surface area contributed by atoms with Gasteiger partial charge in [-0.25, -0.2) is 0 Å². The van der Waals surface area contributed by atoms with Gasteiger partial charge in [0.1, 0.15) is 0 Å². The topological polar surface area (TPSA) is 3.24 Å². The minimum atomic E-state index is 1.09. The first-order valence-electron chi connectivity index (χ1n) is 5.14. The minimum Gasteiger partial charge on any atom is -0.302 e. The number of likely N-dealkylation sites (N-methyl/N-ethyl adjacent to an activating group) is 1. The summed E-state index contributed by atoms with van der Waals surface area (Å²) in [5, 5.41) is 0. The second-order valence-corrected chi connectivity index (χ2v) is 4.17. The second kappa shape index (κ2) is 3.58. The van der Waals surface area contributed by atoms with E-state index in [-0.39, 0.29) is 0 Å². The summed E-state index contributed by atoms with van der Waals surface area (Å²) in [5.74, 6) is 0. The SMILES string of the molecule is C=Cc1cc2c(cc1C)CN(C)CC2. The van der Waals surface area contributed by atoms with Crippen LogP contribution in [0.25, 0.3) is 6.08 Å². The summed E-state index contributed by atoms with van der Waals surface area (Å²) in [5.41, 5.74) is 5.62. The van der Waals surface area contributed by atoms with E-state index in [0.717, 1.165) is 6.54 Å². The summed E-state index contributed by atoms with van der Waals surface area (Å²) in [4.78, 5) is 2.37. The number of nitrogens with zero attached hydrogens (tertiary/aromatic N) is 1. The fraction of sp³-hybridized carbons (Fsp3) is 0.385. The van der Waals surface area contributed by atoms with Crippen LogP contribution >= 0.6 is 0 Å². The predicted octanol–water partition coefficient (Wildman–Crippen LogP) is 2.63. The quantitative estimate of drug-likeness (QED) is 0.653. The van der Waals surface area contributed by atoms with E-state index >= 15 is 0 Å². The molecule has 1 aromatic carbocycles. The molecule has 74 valence electrons. The Hall–Kier alpha value is -1.08. The van der Waals surface area contributed by atoms with Gasteiger partial charge in [0.05, 0.1) is 0 Å². The van der Waals surface area contributed by atoms with Crippen LogP contribution in [0.1, 0.15) is 22.3 Å². The van der Waals surface area contributed by atoms with Crippen molar-refractivity contribution in [1.82, 2.24) is 4.90 Å². The highest BCUT2D eigenvalue weighted by Gasteiger charge is 2.13. The Labute approximate surface area is 86.1 Å². The van der Waals surface area contributed by atoms with Crippen molar-refractivity contribution in [2.45, 2.75) is 19.9 Å².